The summed E-state index contributed by atoms with van der Waals surface area (Å²) in [7, 11) is 4.05. The van der Waals surface area contributed by atoms with Crippen LogP contribution in [0.25, 0.3) is 0 Å². The first-order chi connectivity index (χ1) is 10.3. The van der Waals surface area contributed by atoms with Gasteiger partial charge in [0.25, 0.3) is 0 Å². The van der Waals surface area contributed by atoms with Crippen LogP contribution < -0.4 is 15.5 Å². The van der Waals surface area contributed by atoms with E-state index >= 15 is 0 Å². The van der Waals surface area contributed by atoms with Crippen LogP contribution in [0.2, 0.25) is 0 Å². The predicted molar refractivity (Wildman–Crippen MR) is 89.5 cm³/mol. The van der Waals surface area contributed by atoms with Crippen molar-refractivity contribution in [2.45, 2.75) is 38.3 Å². The summed E-state index contributed by atoms with van der Waals surface area (Å²) in [6.07, 6.45) is -0.351. The Bertz CT molecular complexity index is 506. The van der Waals surface area contributed by atoms with Gasteiger partial charge in [0.05, 0.1) is 6.04 Å². The number of ether oxygens (including phenoxy) is 1. The van der Waals surface area contributed by atoms with E-state index < -0.39 is 5.60 Å². The SMILES string of the molecule is CN(C)c1ccc([C@H]2CNC[C@@H]2NC(=O)OC(C)(C)C)cc1. The minimum Gasteiger partial charge on any atom is -0.444 e. The number of rotatable bonds is 3. The molecule has 1 heterocycles. The number of nitrogens with zero attached hydrogens (tertiary/aromatic N) is 1. The van der Waals surface area contributed by atoms with Gasteiger partial charge in [-0.25, -0.2) is 4.79 Å². The van der Waals surface area contributed by atoms with Crippen LogP contribution in [0.3, 0.4) is 0 Å². The van der Waals surface area contributed by atoms with Crippen molar-refractivity contribution >= 4 is 11.8 Å². The Kier molecular flexibility index (Phi) is 4.96. The fourth-order valence-corrected chi connectivity index (χ4v) is 2.66. The van der Waals surface area contributed by atoms with Crippen LogP contribution in [0.5, 0.6) is 0 Å². The molecule has 1 saturated heterocycles. The summed E-state index contributed by atoms with van der Waals surface area (Å²) >= 11 is 0. The smallest absolute Gasteiger partial charge is 0.407 e. The van der Waals surface area contributed by atoms with E-state index in [4.69, 9.17) is 4.74 Å². The lowest BCUT2D eigenvalue weighted by Gasteiger charge is -2.24. The third-order valence-corrected chi connectivity index (χ3v) is 3.75. The average Bonchev–Trinajstić information content (AvgIpc) is 2.84. The third-order valence-electron chi connectivity index (χ3n) is 3.75. The fraction of sp³-hybridized carbons (Fsp3) is 0.588. The Morgan fingerprint density at radius 2 is 1.86 bits per heavy atom. The molecule has 2 rings (SSSR count). The van der Waals surface area contributed by atoms with Crippen molar-refractivity contribution in [2.75, 3.05) is 32.1 Å². The zero-order chi connectivity index (χ0) is 16.3. The molecule has 0 radical (unpaired) electrons. The van der Waals surface area contributed by atoms with E-state index in [9.17, 15) is 4.79 Å². The Balaban J connectivity index is 2.02. The number of carbonyl (C=O) groups is 1. The molecule has 5 nitrogen and oxygen atoms in total. The number of nitrogens with one attached hydrogen (secondary N) is 2. The van der Waals surface area contributed by atoms with Gasteiger partial charge < -0.3 is 20.3 Å². The average molecular weight is 305 g/mol. The first-order valence-electron chi connectivity index (χ1n) is 7.74. The van der Waals surface area contributed by atoms with E-state index in [2.05, 4.69) is 39.8 Å². The second kappa shape index (κ2) is 6.57. The number of amides is 1. The van der Waals surface area contributed by atoms with E-state index in [1.54, 1.807) is 0 Å². The van der Waals surface area contributed by atoms with Gasteiger partial charge in [-0.1, -0.05) is 12.1 Å². The molecular weight excluding hydrogens is 278 g/mol. The number of benzene rings is 1. The number of carbonyl (C=O) groups excluding carboxylic acids is 1. The summed E-state index contributed by atoms with van der Waals surface area (Å²) in [6.45, 7) is 7.24. The van der Waals surface area contributed by atoms with Crippen LogP contribution >= 0.6 is 0 Å². The lowest BCUT2D eigenvalue weighted by molar-refractivity contribution is 0.0504. The van der Waals surface area contributed by atoms with Gasteiger partial charge in [-0.05, 0) is 38.5 Å². The molecule has 1 amide bonds. The normalized spacial score (nSPS) is 21.5. The molecule has 2 atom stereocenters. The summed E-state index contributed by atoms with van der Waals surface area (Å²) in [4.78, 5) is 14.0. The summed E-state index contributed by atoms with van der Waals surface area (Å²) < 4.78 is 5.35. The highest BCUT2D eigenvalue weighted by molar-refractivity contribution is 5.68. The molecule has 0 aromatic heterocycles. The number of hydrogen-bond acceptors (Lipinski definition) is 4. The summed E-state index contributed by atoms with van der Waals surface area (Å²) in [5, 5.41) is 6.33. The molecule has 1 aliphatic heterocycles. The molecule has 2 N–H and O–H groups in total. The van der Waals surface area contributed by atoms with Crippen molar-refractivity contribution in [3.63, 3.8) is 0 Å². The maximum atomic E-state index is 12.0. The highest BCUT2D eigenvalue weighted by Crippen LogP contribution is 2.25. The Hall–Kier alpha value is -1.75. The van der Waals surface area contributed by atoms with Gasteiger partial charge in [-0.15, -0.1) is 0 Å². The molecule has 0 saturated carbocycles. The monoisotopic (exact) mass is 305 g/mol. The van der Waals surface area contributed by atoms with Gasteiger partial charge in [0.15, 0.2) is 0 Å². The molecular formula is C17H27N3O2. The van der Waals surface area contributed by atoms with Crippen LogP contribution in [0.15, 0.2) is 24.3 Å². The highest BCUT2D eigenvalue weighted by Gasteiger charge is 2.31. The topological polar surface area (TPSA) is 53.6 Å². The maximum absolute atomic E-state index is 12.0. The standard InChI is InChI=1S/C17H27N3O2/c1-17(2,3)22-16(21)19-15-11-18-10-14(15)12-6-8-13(9-7-12)20(4)5/h6-9,14-15,18H,10-11H2,1-5H3,(H,19,21)/t14-,15+/m1/s1. The van der Waals surface area contributed by atoms with E-state index in [0.29, 0.717) is 0 Å². The summed E-state index contributed by atoms with van der Waals surface area (Å²) in [6, 6.07) is 8.55. The second-order valence-electron chi connectivity index (χ2n) is 7.00. The minimum atomic E-state index is -0.473. The van der Waals surface area contributed by atoms with Crippen molar-refractivity contribution in [1.82, 2.24) is 10.6 Å². The lowest BCUT2D eigenvalue weighted by Crippen LogP contribution is -2.42. The largest absolute Gasteiger partial charge is 0.444 e. The fourth-order valence-electron chi connectivity index (χ4n) is 2.66. The van der Waals surface area contributed by atoms with Gasteiger partial charge in [0.1, 0.15) is 5.60 Å². The molecule has 22 heavy (non-hydrogen) atoms. The van der Waals surface area contributed by atoms with Gasteiger partial charge in [-0.2, -0.15) is 0 Å². The quantitative estimate of drug-likeness (QED) is 0.900. The lowest BCUT2D eigenvalue weighted by atomic mass is 9.94. The molecule has 122 valence electrons. The molecule has 1 aromatic carbocycles. The molecule has 0 spiro atoms. The van der Waals surface area contributed by atoms with Gasteiger partial charge in [0, 0.05) is 38.8 Å². The van der Waals surface area contributed by atoms with E-state index in [1.807, 2.05) is 34.9 Å². The Labute approximate surface area is 133 Å². The molecule has 1 aromatic rings. The molecule has 1 aliphatic rings. The van der Waals surface area contributed by atoms with Crippen molar-refractivity contribution in [1.29, 1.82) is 0 Å². The van der Waals surface area contributed by atoms with Crippen LogP contribution in [-0.2, 0) is 4.74 Å². The molecule has 0 aliphatic carbocycles. The van der Waals surface area contributed by atoms with Crippen LogP contribution in [0.1, 0.15) is 32.3 Å². The van der Waals surface area contributed by atoms with Crippen molar-refractivity contribution < 1.29 is 9.53 Å². The number of anilines is 1. The van der Waals surface area contributed by atoms with Gasteiger partial charge in [-0.3, -0.25) is 0 Å². The first kappa shape index (κ1) is 16.6. The number of hydrogen-bond donors (Lipinski definition) is 2. The van der Waals surface area contributed by atoms with Crippen molar-refractivity contribution in [3.8, 4) is 0 Å². The summed E-state index contributed by atoms with van der Waals surface area (Å²) in [5.74, 6) is 0.267. The highest BCUT2D eigenvalue weighted by atomic mass is 16.6. The van der Waals surface area contributed by atoms with Crippen LogP contribution in [0, 0.1) is 0 Å². The van der Waals surface area contributed by atoms with E-state index in [1.165, 1.54) is 11.3 Å². The molecule has 0 unspecified atom stereocenters. The molecule has 5 heteroatoms. The van der Waals surface area contributed by atoms with Gasteiger partial charge >= 0.3 is 6.09 Å². The van der Waals surface area contributed by atoms with Crippen LogP contribution in [0.4, 0.5) is 10.5 Å². The minimum absolute atomic E-state index is 0.0556. The van der Waals surface area contributed by atoms with E-state index in [0.717, 1.165) is 13.1 Å². The third kappa shape index (κ3) is 4.37. The second-order valence-corrected chi connectivity index (χ2v) is 7.00. The van der Waals surface area contributed by atoms with Crippen LogP contribution in [-0.4, -0.2) is 44.9 Å². The Morgan fingerprint density at radius 1 is 1.23 bits per heavy atom. The van der Waals surface area contributed by atoms with E-state index in [-0.39, 0.29) is 18.1 Å². The first-order valence-corrected chi connectivity index (χ1v) is 7.74. The van der Waals surface area contributed by atoms with Crippen molar-refractivity contribution in [2.24, 2.45) is 0 Å². The Morgan fingerprint density at radius 3 is 2.41 bits per heavy atom. The number of alkyl carbamates (subject to hydrolysis) is 1. The molecule has 0 bridgehead atoms. The zero-order valence-corrected chi connectivity index (χ0v) is 14.1. The summed E-state index contributed by atoms with van der Waals surface area (Å²) in [5.41, 5.74) is 1.93. The maximum Gasteiger partial charge on any atom is 0.407 e. The van der Waals surface area contributed by atoms with Gasteiger partial charge in [0.2, 0.25) is 0 Å². The molecule has 1 fully saturated rings. The van der Waals surface area contributed by atoms with Crippen molar-refractivity contribution in [3.05, 3.63) is 29.8 Å². The predicted octanol–water partition coefficient (Wildman–Crippen LogP) is 2.33. The zero-order valence-electron chi connectivity index (χ0n) is 14.1.